The number of carbonyl (C=O) groups is 1. The van der Waals surface area contributed by atoms with Crippen LogP contribution in [0.2, 0.25) is 0 Å². The zero-order valence-corrected chi connectivity index (χ0v) is 10.1. The summed E-state index contributed by atoms with van der Waals surface area (Å²) < 4.78 is 5.82. The molecule has 0 aliphatic heterocycles. The molecule has 0 bridgehead atoms. The van der Waals surface area contributed by atoms with Crippen LogP contribution in [-0.4, -0.2) is 11.3 Å². The summed E-state index contributed by atoms with van der Waals surface area (Å²) in [4.78, 5) is 15.3. The molecule has 0 aliphatic carbocycles. The predicted octanol–water partition coefficient (Wildman–Crippen LogP) is 3.84. The maximum Gasteiger partial charge on any atom is 0.153 e. The first-order valence-electron chi connectivity index (χ1n) is 5.94. The molecule has 92 valence electrons. The molecule has 3 aromatic rings. The third-order valence-corrected chi connectivity index (χ3v) is 2.86. The van der Waals surface area contributed by atoms with Gasteiger partial charge in [0.15, 0.2) is 12.0 Å². The number of aldehydes is 1. The van der Waals surface area contributed by atoms with E-state index in [-0.39, 0.29) is 0 Å². The van der Waals surface area contributed by atoms with Crippen molar-refractivity contribution >= 4 is 17.2 Å². The number of para-hydroxylation sites is 2. The highest BCUT2D eigenvalue weighted by atomic mass is 16.5. The number of benzene rings is 2. The summed E-state index contributed by atoms with van der Waals surface area (Å²) in [6, 6.07) is 16.7. The summed E-state index contributed by atoms with van der Waals surface area (Å²) in [7, 11) is 0. The molecular formula is C16H11NO2. The maximum absolute atomic E-state index is 11.0. The smallest absolute Gasteiger partial charge is 0.153 e. The molecule has 0 saturated heterocycles. The lowest BCUT2D eigenvalue weighted by Gasteiger charge is -2.09. The summed E-state index contributed by atoms with van der Waals surface area (Å²) in [5, 5.41) is 1.00. The van der Waals surface area contributed by atoms with Crippen LogP contribution < -0.4 is 4.74 Å². The molecule has 0 saturated carbocycles. The topological polar surface area (TPSA) is 39.2 Å². The van der Waals surface area contributed by atoms with Crippen LogP contribution >= 0.6 is 0 Å². The van der Waals surface area contributed by atoms with E-state index in [1.807, 2.05) is 36.4 Å². The van der Waals surface area contributed by atoms with E-state index in [0.717, 1.165) is 17.2 Å². The number of hydrogen-bond donors (Lipinski definition) is 0. The highest BCUT2D eigenvalue weighted by Crippen LogP contribution is 2.29. The zero-order valence-electron chi connectivity index (χ0n) is 10.1. The van der Waals surface area contributed by atoms with Gasteiger partial charge in [-0.1, -0.05) is 30.3 Å². The molecule has 0 aliphatic rings. The van der Waals surface area contributed by atoms with Crippen LogP contribution in [0.3, 0.4) is 0 Å². The molecular weight excluding hydrogens is 238 g/mol. The van der Waals surface area contributed by atoms with E-state index in [1.54, 1.807) is 24.4 Å². The van der Waals surface area contributed by atoms with Gasteiger partial charge in [-0.05, 0) is 24.3 Å². The van der Waals surface area contributed by atoms with Gasteiger partial charge in [-0.15, -0.1) is 0 Å². The third-order valence-electron chi connectivity index (χ3n) is 2.86. The Morgan fingerprint density at radius 2 is 1.68 bits per heavy atom. The fraction of sp³-hybridized carbons (Fsp3) is 0. The first-order valence-corrected chi connectivity index (χ1v) is 5.94. The third kappa shape index (κ3) is 2.18. The summed E-state index contributed by atoms with van der Waals surface area (Å²) in [5.74, 6) is 1.18. The molecule has 2 aromatic carbocycles. The molecule has 19 heavy (non-hydrogen) atoms. The van der Waals surface area contributed by atoms with E-state index in [0.29, 0.717) is 17.1 Å². The minimum Gasteiger partial charge on any atom is -0.454 e. The Balaban J connectivity index is 2.08. The van der Waals surface area contributed by atoms with E-state index < -0.39 is 0 Å². The highest BCUT2D eigenvalue weighted by molar-refractivity contribution is 5.85. The zero-order chi connectivity index (χ0) is 13.1. The number of aromatic nitrogens is 1. The summed E-state index contributed by atoms with van der Waals surface area (Å²) >= 11 is 0. The van der Waals surface area contributed by atoms with E-state index >= 15 is 0 Å². The molecule has 3 heteroatoms. The lowest BCUT2D eigenvalue weighted by molar-refractivity contribution is 0.112. The van der Waals surface area contributed by atoms with Gasteiger partial charge in [0.25, 0.3) is 0 Å². The second-order valence-electron chi connectivity index (χ2n) is 4.09. The Morgan fingerprint density at radius 1 is 0.895 bits per heavy atom. The standard InChI is InChI=1S/C16H11NO2/c18-11-13-5-1-2-8-14(13)19-15-9-3-6-12-7-4-10-17-16(12)15/h1-11H. The summed E-state index contributed by atoms with van der Waals surface area (Å²) in [6.45, 7) is 0. The fourth-order valence-corrected chi connectivity index (χ4v) is 1.95. The number of pyridine rings is 1. The van der Waals surface area contributed by atoms with Crippen molar-refractivity contribution in [1.29, 1.82) is 0 Å². The summed E-state index contributed by atoms with van der Waals surface area (Å²) in [5.41, 5.74) is 1.31. The van der Waals surface area contributed by atoms with E-state index in [9.17, 15) is 4.79 Å². The van der Waals surface area contributed by atoms with Crippen LogP contribution in [0, 0.1) is 0 Å². The largest absolute Gasteiger partial charge is 0.454 e. The van der Waals surface area contributed by atoms with Crippen molar-refractivity contribution in [3.05, 3.63) is 66.4 Å². The first-order chi connectivity index (χ1) is 9.38. The van der Waals surface area contributed by atoms with Crippen LogP contribution in [0.25, 0.3) is 10.9 Å². The average Bonchev–Trinajstić information content (AvgIpc) is 2.48. The van der Waals surface area contributed by atoms with Crippen molar-refractivity contribution in [2.45, 2.75) is 0 Å². The minimum absolute atomic E-state index is 0.524. The number of ether oxygens (including phenoxy) is 1. The van der Waals surface area contributed by atoms with Gasteiger partial charge in [0.1, 0.15) is 11.3 Å². The Morgan fingerprint density at radius 3 is 2.58 bits per heavy atom. The molecule has 0 spiro atoms. The second kappa shape index (κ2) is 4.90. The molecule has 3 rings (SSSR count). The SMILES string of the molecule is O=Cc1ccccc1Oc1cccc2cccnc12. The first kappa shape index (κ1) is 11.4. The van der Waals surface area contributed by atoms with Gasteiger partial charge in [-0.3, -0.25) is 9.78 Å². The highest BCUT2D eigenvalue weighted by Gasteiger charge is 2.07. The minimum atomic E-state index is 0.524. The lowest BCUT2D eigenvalue weighted by Crippen LogP contribution is -1.91. The van der Waals surface area contributed by atoms with Crippen molar-refractivity contribution in [1.82, 2.24) is 4.98 Å². The number of nitrogens with zero attached hydrogens (tertiary/aromatic N) is 1. The molecule has 0 amide bonds. The Hall–Kier alpha value is -2.68. The average molecular weight is 249 g/mol. The molecule has 0 N–H and O–H groups in total. The number of rotatable bonds is 3. The maximum atomic E-state index is 11.0. The van der Waals surface area contributed by atoms with Crippen molar-refractivity contribution < 1.29 is 9.53 Å². The normalized spacial score (nSPS) is 10.3. The van der Waals surface area contributed by atoms with Crippen molar-refractivity contribution in [2.24, 2.45) is 0 Å². The van der Waals surface area contributed by atoms with Crippen molar-refractivity contribution in [3.63, 3.8) is 0 Å². The molecule has 1 heterocycles. The summed E-state index contributed by atoms with van der Waals surface area (Å²) in [6.07, 6.45) is 2.51. The predicted molar refractivity (Wildman–Crippen MR) is 73.6 cm³/mol. The Kier molecular flexibility index (Phi) is 2.94. The molecule has 0 fully saturated rings. The molecule has 1 aromatic heterocycles. The van der Waals surface area contributed by atoms with Gasteiger partial charge in [0.2, 0.25) is 0 Å². The number of hydrogen-bond acceptors (Lipinski definition) is 3. The van der Waals surface area contributed by atoms with E-state index in [1.165, 1.54) is 0 Å². The van der Waals surface area contributed by atoms with Crippen LogP contribution in [-0.2, 0) is 0 Å². The van der Waals surface area contributed by atoms with Gasteiger partial charge in [0.05, 0.1) is 5.56 Å². The number of fused-ring (bicyclic) bond motifs is 1. The van der Waals surface area contributed by atoms with Gasteiger partial charge in [-0.2, -0.15) is 0 Å². The van der Waals surface area contributed by atoms with Crippen LogP contribution in [0.4, 0.5) is 0 Å². The Bertz CT molecular complexity index is 732. The monoisotopic (exact) mass is 249 g/mol. The fourth-order valence-electron chi connectivity index (χ4n) is 1.95. The van der Waals surface area contributed by atoms with E-state index in [2.05, 4.69) is 4.98 Å². The number of carbonyl (C=O) groups excluding carboxylic acids is 1. The van der Waals surface area contributed by atoms with E-state index in [4.69, 9.17) is 4.74 Å². The molecule has 0 atom stereocenters. The van der Waals surface area contributed by atoms with Crippen LogP contribution in [0.1, 0.15) is 10.4 Å². The second-order valence-corrected chi connectivity index (χ2v) is 4.09. The van der Waals surface area contributed by atoms with Gasteiger partial charge < -0.3 is 4.74 Å². The van der Waals surface area contributed by atoms with Gasteiger partial charge >= 0.3 is 0 Å². The van der Waals surface area contributed by atoms with Crippen molar-refractivity contribution in [2.75, 3.05) is 0 Å². The lowest BCUT2D eigenvalue weighted by atomic mass is 10.2. The van der Waals surface area contributed by atoms with Crippen molar-refractivity contribution in [3.8, 4) is 11.5 Å². The Labute approximate surface area is 110 Å². The van der Waals surface area contributed by atoms with Crippen LogP contribution in [0.5, 0.6) is 11.5 Å². The molecule has 0 radical (unpaired) electrons. The molecule has 3 nitrogen and oxygen atoms in total. The van der Waals surface area contributed by atoms with Crippen LogP contribution in [0.15, 0.2) is 60.8 Å². The molecule has 0 unspecified atom stereocenters. The van der Waals surface area contributed by atoms with Gasteiger partial charge in [-0.25, -0.2) is 0 Å². The van der Waals surface area contributed by atoms with Gasteiger partial charge in [0, 0.05) is 11.6 Å². The quantitative estimate of drug-likeness (QED) is 0.662.